The summed E-state index contributed by atoms with van der Waals surface area (Å²) >= 11 is 0. The van der Waals surface area contributed by atoms with Crippen molar-refractivity contribution in [2.45, 2.75) is 0 Å². The fraction of sp³-hybridized carbons (Fsp3) is 0. The van der Waals surface area contributed by atoms with Gasteiger partial charge in [-0.2, -0.15) is 0 Å². The number of aromatic nitrogens is 2. The molecule has 0 saturated heterocycles. The van der Waals surface area contributed by atoms with Crippen LogP contribution in [-0.4, -0.2) is 15.1 Å². The zero-order chi connectivity index (χ0) is 9.68. The third-order valence-corrected chi connectivity index (χ3v) is 1.44. The molecular weight excluding hydrogens is 263 g/mol. The summed E-state index contributed by atoms with van der Waals surface area (Å²) in [7, 11) is 0. The van der Waals surface area contributed by atoms with Crippen molar-refractivity contribution in [2.24, 2.45) is 5.34 Å². The van der Waals surface area contributed by atoms with Crippen LogP contribution in [-0.2, 0) is 32.7 Å². The number of hydrogen-bond donors (Lipinski definition) is 2. The van der Waals surface area contributed by atoms with Crippen LogP contribution in [0.15, 0.2) is 29.9 Å². The molecule has 71 valence electrons. The third-order valence-electron chi connectivity index (χ3n) is 1.44. The number of nitrogens with one attached hydrogen (secondary N) is 1. The summed E-state index contributed by atoms with van der Waals surface area (Å²) in [6, 6.07) is 3.36. The standard InChI is InChI=1S/C7H6N2O.HNO2.Y/c10-6-2-4-9-7-5(6)1-3-8-7;2-1-3;/h1-4H,(H2,8,9,10);(H,2,3);/p-1. The van der Waals surface area contributed by atoms with Gasteiger partial charge in [0.15, 0.2) is 0 Å². The molecule has 0 aliphatic rings. The van der Waals surface area contributed by atoms with Gasteiger partial charge in [-0.15, -0.1) is 5.34 Å². The average molecular weight is 269 g/mol. The normalized spacial score (nSPS) is 8.29. The largest absolute Gasteiger partial charge is 0.507 e. The second-order valence-corrected chi connectivity index (χ2v) is 2.14. The number of pyridine rings is 1. The maximum atomic E-state index is 9.20. The number of rotatable bonds is 0. The average Bonchev–Trinajstić information content (AvgIpc) is 2.54. The van der Waals surface area contributed by atoms with Crippen molar-refractivity contribution in [3.8, 4) is 5.75 Å². The van der Waals surface area contributed by atoms with Gasteiger partial charge in [0.2, 0.25) is 0 Å². The fourth-order valence-electron chi connectivity index (χ4n) is 0.946. The predicted octanol–water partition coefficient (Wildman–Crippen LogP) is 1.52. The van der Waals surface area contributed by atoms with Gasteiger partial charge in [-0.05, 0) is 12.1 Å². The molecule has 0 saturated carbocycles. The van der Waals surface area contributed by atoms with Crippen LogP contribution < -0.4 is 0 Å². The second-order valence-electron chi connectivity index (χ2n) is 2.14. The first-order chi connectivity index (χ1) is 6.29. The van der Waals surface area contributed by atoms with Crippen molar-refractivity contribution >= 4 is 11.0 Å². The van der Waals surface area contributed by atoms with Crippen molar-refractivity contribution in [1.82, 2.24) is 9.97 Å². The molecule has 2 N–H and O–H groups in total. The predicted molar refractivity (Wildman–Crippen MR) is 46.9 cm³/mol. The Morgan fingerprint density at radius 1 is 1.50 bits per heavy atom. The Kier molecular flexibility index (Phi) is 5.98. The number of aromatic hydroxyl groups is 1. The first kappa shape index (κ1) is 13.0. The number of H-pyrrole nitrogens is 1. The van der Waals surface area contributed by atoms with Crippen molar-refractivity contribution in [3.05, 3.63) is 34.6 Å². The maximum absolute atomic E-state index is 9.20. The van der Waals surface area contributed by atoms with E-state index in [0.717, 1.165) is 16.4 Å². The van der Waals surface area contributed by atoms with Gasteiger partial charge in [0.1, 0.15) is 11.4 Å². The monoisotopic (exact) mass is 269 g/mol. The van der Waals surface area contributed by atoms with Gasteiger partial charge >= 0.3 is 0 Å². The van der Waals surface area contributed by atoms with Crippen molar-refractivity contribution in [1.29, 1.82) is 0 Å². The van der Waals surface area contributed by atoms with Gasteiger partial charge in [0, 0.05) is 45.1 Å². The van der Waals surface area contributed by atoms with Crippen LogP contribution in [0.1, 0.15) is 0 Å². The van der Waals surface area contributed by atoms with E-state index in [0.29, 0.717) is 0 Å². The molecule has 2 heterocycles. The fourth-order valence-corrected chi connectivity index (χ4v) is 0.946. The molecule has 6 nitrogen and oxygen atoms in total. The van der Waals surface area contributed by atoms with Gasteiger partial charge in [-0.25, -0.2) is 4.98 Å². The summed E-state index contributed by atoms with van der Waals surface area (Å²) in [6.45, 7) is 0. The first-order valence-electron chi connectivity index (χ1n) is 3.35. The molecule has 0 unspecified atom stereocenters. The smallest absolute Gasteiger partial charge is 0.140 e. The van der Waals surface area contributed by atoms with E-state index in [9.17, 15) is 5.11 Å². The van der Waals surface area contributed by atoms with Crippen LogP contribution >= 0.6 is 0 Å². The number of aromatic amines is 1. The minimum Gasteiger partial charge on any atom is -0.507 e. The number of fused-ring (bicyclic) bond motifs is 1. The summed E-state index contributed by atoms with van der Waals surface area (Å²) in [4.78, 5) is 14.9. The van der Waals surface area contributed by atoms with E-state index in [1.807, 2.05) is 0 Å². The van der Waals surface area contributed by atoms with E-state index in [-0.39, 0.29) is 38.5 Å². The third kappa shape index (κ3) is 3.04. The molecule has 0 fully saturated rings. The Bertz CT molecular complexity index is 404. The van der Waals surface area contributed by atoms with Gasteiger partial charge in [-0.3, -0.25) is 0 Å². The van der Waals surface area contributed by atoms with Gasteiger partial charge in [0.05, 0.1) is 5.39 Å². The zero-order valence-corrected chi connectivity index (χ0v) is 9.88. The zero-order valence-electron chi connectivity index (χ0n) is 7.04. The molecule has 2 aromatic rings. The maximum Gasteiger partial charge on any atom is 0.140 e. The molecular formula is C7H6N3O3Y-. The van der Waals surface area contributed by atoms with E-state index in [4.69, 9.17) is 10.1 Å². The van der Waals surface area contributed by atoms with Crippen molar-refractivity contribution in [3.63, 3.8) is 0 Å². The molecule has 0 atom stereocenters. The molecule has 2 rings (SSSR count). The van der Waals surface area contributed by atoms with Crippen LogP contribution in [0.5, 0.6) is 5.75 Å². The molecule has 0 spiro atoms. The van der Waals surface area contributed by atoms with Gasteiger partial charge < -0.3 is 20.2 Å². The quantitative estimate of drug-likeness (QED) is 0.559. The van der Waals surface area contributed by atoms with E-state index >= 15 is 0 Å². The molecule has 0 aliphatic carbocycles. The van der Waals surface area contributed by atoms with Gasteiger partial charge in [0.25, 0.3) is 0 Å². The topological polar surface area (TPSA) is 101 Å². The molecule has 0 amide bonds. The van der Waals surface area contributed by atoms with E-state index in [1.165, 1.54) is 0 Å². The summed E-state index contributed by atoms with van der Waals surface area (Å²) in [6.07, 6.45) is 3.31. The molecule has 2 aromatic heterocycles. The Hall–Kier alpha value is -1.01. The van der Waals surface area contributed by atoms with Crippen LogP contribution in [0.25, 0.3) is 11.0 Å². The summed E-state index contributed by atoms with van der Waals surface area (Å²) in [5, 5.41) is 19.0. The molecule has 14 heavy (non-hydrogen) atoms. The minimum absolute atomic E-state index is 0. The minimum atomic E-state index is 0. The molecule has 0 bridgehead atoms. The van der Waals surface area contributed by atoms with Crippen LogP contribution in [0.3, 0.4) is 0 Å². The summed E-state index contributed by atoms with van der Waals surface area (Å²) in [5.74, 6) is 0.270. The van der Waals surface area contributed by atoms with Crippen LogP contribution in [0.4, 0.5) is 0 Å². The number of nitrogens with zero attached hydrogens (tertiary/aromatic N) is 2. The van der Waals surface area contributed by atoms with Crippen molar-refractivity contribution in [2.75, 3.05) is 0 Å². The Morgan fingerprint density at radius 3 is 2.71 bits per heavy atom. The Labute approximate surface area is 104 Å². The number of hydrogen-bond acceptors (Lipinski definition) is 5. The van der Waals surface area contributed by atoms with Crippen molar-refractivity contribution < 1.29 is 37.8 Å². The molecule has 1 radical (unpaired) electrons. The molecule has 0 aromatic carbocycles. The van der Waals surface area contributed by atoms with Crippen LogP contribution in [0.2, 0.25) is 0 Å². The summed E-state index contributed by atoms with van der Waals surface area (Å²) < 4.78 is 0. The Morgan fingerprint density at radius 2 is 2.14 bits per heavy atom. The molecule has 0 aliphatic heterocycles. The second kappa shape index (κ2) is 6.45. The summed E-state index contributed by atoms with van der Waals surface area (Å²) in [5.41, 5.74) is 0.722. The Balaban J connectivity index is 0.000000381. The van der Waals surface area contributed by atoms with Gasteiger partial charge in [-0.1, -0.05) is 0 Å². The van der Waals surface area contributed by atoms with E-state index < -0.39 is 0 Å². The first-order valence-corrected chi connectivity index (χ1v) is 3.35. The molecule has 7 heteroatoms. The van der Waals surface area contributed by atoms with E-state index in [2.05, 4.69) is 9.97 Å². The van der Waals surface area contributed by atoms with E-state index in [1.54, 1.807) is 24.5 Å². The van der Waals surface area contributed by atoms with Crippen LogP contribution in [0, 0.1) is 10.1 Å². The SMILES string of the molecule is O=N[O-].Oc1ccnc2[nH]ccc12.[Y].